The van der Waals surface area contributed by atoms with Crippen molar-refractivity contribution in [1.82, 2.24) is 5.32 Å². The summed E-state index contributed by atoms with van der Waals surface area (Å²) in [4.78, 5) is 12.1. The van der Waals surface area contributed by atoms with Crippen LogP contribution in [0.2, 0.25) is 5.02 Å². The summed E-state index contributed by atoms with van der Waals surface area (Å²) in [6.07, 6.45) is 3.47. The van der Waals surface area contributed by atoms with Gasteiger partial charge in [0.25, 0.3) is 5.91 Å². The fraction of sp³-hybridized carbons (Fsp3) is 0.500. The van der Waals surface area contributed by atoms with Crippen molar-refractivity contribution in [1.29, 1.82) is 0 Å². The number of hydrogen-bond donors (Lipinski definition) is 2. The van der Waals surface area contributed by atoms with Gasteiger partial charge in [0.2, 0.25) is 6.79 Å². The van der Waals surface area contributed by atoms with Crippen LogP contribution in [0.5, 0.6) is 11.5 Å². The van der Waals surface area contributed by atoms with E-state index < -0.39 is 5.60 Å². The van der Waals surface area contributed by atoms with Crippen molar-refractivity contribution < 1.29 is 19.4 Å². The maximum Gasteiger partial charge on any atom is 0.251 e. The number of nitrogens with one attached hydrogen (secondary N) is 1. The van der Waals surface area contributed by atoms with Crippen LogP contribution < -0.4 is 14.8 Å². The van der Waals surface area contributed by atoms with E-state index in [0.29, 0.717) is 22.1 Å². The second-order valence-corrected chi connectivity index (χ2v) is 5.71. The first-order chi connectivity index (χ1) is 9.57. The summed E-state index contributed by atoms with van der Waals surface area (Å²) < 4.78 is 10.4. The van der Waals surface area contributed by atoms with Crippen molar-refractivity contribution in [2.24, 2.45) is 0 Å². The molecule has 0 spiro atoms. The van der Waals surface area contributed by atoms with E-state index in [1.165, 1.54) is 0 Å². The van der Waals surface area contributed by atoms with Gasteiger partial charge in [0.1, 0.15) is 0 Å². The van der Waals surface area contributed by atoms with Crippen LogP contribution in [0.4, 0.5) is 0 Å². The summed E-state index contributed by atoms with van der Waals surface area (Å²) in [5, 5.41) is 13.3. The SMILES string of the molecule is O=C(NCC1(O)CCCC1)c1cc(Cl)c2c(c1)OCO2. The van der Waals surface area contributed by atoms with Gasteiger partial charge in [-0.05, 0) is 25.0 Å². The predicted octanol–water partition coefficient (Wildman–Crippen LogP) is 2.10. The van der Waals surface area contributed by atoms with E-state index in [0.717, 1.165) is 25.7 Å². The molecule has 5 nitrogen and oxygen atoms in total. The van der Waals surface area contributed by atoms with E-state index in [1.54, 1.807) is 12.1 Å². The topological polar surface area (TPSA) is 67.8 Å². The van der Waals surface area contributed by atoms with Gasteiger partial charge in [-0.2, -0.15) is 0 Å². The van der Waals surface area contributed by atoms with E-state index in [4.69, 9.17) is 21.1 Å². The molecular weight excluding hydrogens is 282 g/mol. The number of benzene rings is 1. The highest BCUT2D eigenvalue weighted by Crippen LogP contribution is 2.39. The third kappa shape index (κ3) is 2.55. The van der Waals surface area contributed by atoms with Gasteiger partial charge in [0.05, 0.1) is 10.6 Å². The van der Waals surface area contributed by atoms with E-state index in [-0.39, 0.29) is 19.2 Å². The Morgan fingerprint density at radius 3 is 2.85 bits per heavy atom. The molecule has 0 aromatic heterocycles. The molecule has 6 heteroatoms. The first kappa shape index (κ1) is 13.5. The van der Waals surface area contributed by atoms with Crippen molar-refractivity contribution in [3.8, 4) is 11.5 Å². The number of carbonyl (C=O) groups excluding carboxylic acids is 1. The molecule has 1 aliphatic heterocycles. The number of carbonyl (C=O) groups is 1. The molecule has 2 N–H and O–H groups in total. The lowest BCUT2D eigenvalue weighted by molar-refractivity contribution is 0.0449. The first-order valence-electron chi connectivity index (χ1n) is 6.67. The van der Waals surface area contributed by atoms with E-state index in [2.05, 4.69) is 5.32 Å². The largest absolute Gasteiger partial charge is 0.454 e. The molecular formula is C14H16ClNO4. The van der Waals surface area contributed by atoms with Crippen LogP contribution in [0.15, 0.2) is 12.1 Å². The van der Waals surface area contributed by atoms with Crippen molar-refractivity contribution >= 4 is 17.5 Å². The Balaban J connectivity index is 1.70. The molecule has 0 bridgehead atoms. The van der Waals surface area contributed by atoms with Crippen LogP contribution in [0.1, 0.15) is 36.0 Å². The molecule has 1 aromatic rings. The van der Waals surface area contributed by atoms with Gasteiger partial charge in [0, 0.05) is 12.1 Å². The molecule has 1 saturated carbocycles. The minimum atomic E-state index is -0.768. The molecule has 1 fully saturated rings. The highest BCUT2D eigenvalue weighted by atomic mass is 35.5. The lowest BCUT2D eigenvalue weighted by Gasteiger charge is -2.22. The summed E-state index contributed by atoms with van der Waals surface area (Å²) in [5.74, 6) is 0.672. The first-order valence-corrected chi connectivity index (χ1v) is 7.05. The Morgan fingerprint density at radius 1 is 1.35 bits per heavy atom. The van der Waals surface area contributed by atoms with Crippen LogP contribution >= 0.6 is 11.6 Å². The second-order valence-electron chi connectivity index (χ2n) is 5.31. The van der Waals surface area contributed by atoms with Gasteiger partial charge in [-0.1, -0.05) is 24.4 Å². The highest BCUT2D eigenvalue weighted by molar-refractivity contribution is 6.32. The Bertz CT molecular complexity index is 540. The molecule has 1 amide bonds. The minimum Gasteiger partial charge on any atom is -0.454 e. The number of hydrogen-bond acceptors (Lipinski definition) is 4. The number of halogens is 1. The fourth-order valence-corrected chi connectivity index (χ4v) is 2.92. The Kier molecular flexibility index (Phi) is 3.48. The smallest absolute Gasteiger partial charge is 0.251 e. The van der Waals surface area contributed by atoms with Crippen LogP contribution in [-0.2, 0) is 0 Å². The standard InChI is InChI=1S/C14H16ClNO4/c15-10-5-9(6-11-12(10)20-8-19-11)13(17)16-7-14(18)3-1-2-4-14/h5-6,18H,1-4,7-8H2,(H,16,17). The van der Waals surface area contributed by atoms with Crippen LogP contribution in [-0.4, -0.2) is 30.0 Å². The Morgan fingerprint density at radius 2 is 2.10 bits per heavy atom. The van der Waals surface area contributed by atoms with Crippen molar-refractivity contribution in [3.05, 3.63) is 22.7 Å². The quantitative estimate of drug-likeness (QED) is 0.896. The monoisotopic (exact) mass is 297 g/mol. The summed E-state index contributed by atoms with van der Waals surface area (Å²) in [6.45, 7) is 0.373. The molecule has 0 radical (unpaired) electrons. The lowest BCUT2D eigenvalue weighted by Crippen LogP contribution is -2.40. The van der Waals surface area contributed by atoms with Crippen LogP contribution in [0.3, 0.4) is 0 Å². The molecule has 20 heavy (non-hydrogen) atoms. The number of amides is 1. The van der Waals surface area contributed by atoms with Gasteiger partial charge >= 0.3 is 0 Å². The number of fused-ring (bicyclic) bond motifs is 1. The van der Waals surface area contributed by atoms with E-state index >= 15 is 0 Å². The number of rotatable bonds is 3. The zero-order chi connectivity index (χ0) is 14.2. The predicted molar refractivity (Wildman–Crippen MR) is 73.3 cm³/mol. The van der Waals surface area contributed by atoms with Crippen molar-refractivity contribution in [3.63, 3.8) is 0 Å². The molecule has 0 saturated heterocycles. The normalized spacial score (nSPS) is 19.1. The molecule has 1 aliphatic carbocycles. The zero-order valence-electron chi connectivity index (χ0n) is 10.9. The molecule has 2 aliphatic rings. The fourth-order valence-electron chi connectivity index (χ4n) is 2.66. The highest BCUT2D eigenvalue weighted by Gasteiger charge is 2.31. The summed E-state index contributed by atoms with van der Waals surface area (Å²) in [5.41, 5.74) is -0.364. The Labute approximate surface area is 121 Å². The second kappa shape index (κ2) is 5.14. The van der Waals surface area contributed by atoms with Gasteiger partial charge in [-0.3, -0.25) is 4.79 Å². The molecule has 108 valence electrons. The lowest BCUT2D eigenvalue weighted by atomic mass is 10.0. The summed E-state index contributed by atoms with van der Waals surface area (Å²) in [7, 11) is 0. The average molecular weight is 298 g/mol. The maximum absolute atomic E-state index is 12.1. The third-order valence-corrected chi connectivity index (χ3v) is 4.08. The Hall–Kier alpha value is -1.46. The van der Waals surface area contributed by atoms with Gasteiger partial charge in [-0.15, -0.1) is 0 Å². The van der Waals surface area contributed by atoms with Crippen molar-refractivity contribution in [2.45, 2.75) is 31.3 Å². The third-order valence-electron chi connectivity index (χ3n) is 3.80. The van der Waals surface area contributed by atoms with Gasteiger partial charge in [0.15, 0.2) is 11.5 Å². The molecule has 0 atom stereocenters. The molecule has 3 rings (SSSR count). The summed E-state index contributed by atoms with van der Waals surface area (Å²) in [6, 6.07) is 3.14. The summed E-state index contributed by atoms with van der Waals surface area (Å²) >= 11 is 6.04. The molecule has 1 aromatic carbocycles. The van der Waals surface area contributed by atoms with Crippen LogP contribution in [0.25, 0.3) is 0 Å². The van der Waals surface area contributed by atoms with Crippen molar-refractivity contribution in [2.75, 3.05) is 13.3 Å². The minimum absolute atomic E-state index is 0.111. The van der Waals surface area contributed by atoms with Gasteiger partial charge < -0.3 is 19.9 Å². The zero-order valence-corrected chi connectivity index (χ0v) is 11.7. The molecule has 1 heterocycles. The maximum atomic E-state index is 12.1. The van der Waals surface area contributed by atoms with Crippen LogP contribution in [0, 0.1) is 0 Å². The van der Waals surface area contributed by atoms with E-state index in [9.17, 15) is 9.90 Å². The van der Waals surface area contributed by atoms with Gasteiger partial charge in [-0.25, -0.2) is 0 Å². The molecule has 0 unspecified atom stereocenters. The average Bonchev–Trinajstić information content (AvgIpc) is 3.05. The van der Waals surface area contributed by atoms with E-state index in [1.807, 2.05) is 0 Å². The number of aliphatic hydroxyl groups is 1. The number of ether oxygens (including phenoxy) is 2.